The molecule has 1 aromatic carbocycles. The molecule has 0 saturated heterocycles. The van der Waals surface area contributed by atoms with Gasteiger partial charge in [-0.3, -0.25) is 4.79 Å². The van der Waals surface area contributed by atoms with E-state index in [-0.39, 0.29) is 18.3 Å². The van der Waals surface area contributed by atoms with Crippen LogP contribution in [0.5, 0.6) is 0 Å². The fourth-order valence-electron chi connectivity index (χ4n) is 1.58. The molecule has 1 amide bonds. The quantitative estimate of drug-likeness (QED) is 0.855. The van der Waals surface area contributed by atoms with Crippen molar-refractivity contribution in [2.45, 2.75) is 20.1 Å². The standard InChI is InChI=1S/C13H14N2O3/c1-9-5-12(18-15-9)13(17)14-7-10-3-2-4-11(6-10)8-16/h2-6,16H,7-8H2,1H3,(H,14,17). The average Bonchev–Trinajstić information content (AvgIpc) is 2.83. The van der Waals surface area contributed by atoms with Crippen LogP contribution in [-0.4, -0.2) is 16.2 Å². The predicted molar refractivity (Wildman–Crippen MR) is 64.8 cm³/mol. The Morgan fingerprint density at radius 1 is 1.39 bits per heavy atom. The van der Waals surface area contributed by atoms with Crippen LogP contribution in [-0.2, 0) is 13.2 Å². The van der Waals surface area contributed by atoms with Gasteiger partial charge >= 0.3 is 0 Å². The molecular formula is C13H14N2O3. The van der Waals surface area contributed by atoms with Gasteiger partial charge in [0, 0.05) is 12.6 Å². The third-order valence-corrected chi connectivity index (χ3v) is 2.48. The normalized spacial score (nSPS) is 10.3. The number of nitrogens with one attached hydrogen (secondary N) is 1. The number of aryl methyl sites for hydroxylation is 1. The van der Waals surface area contributed by atoms with Crippen LogP contribution in [0.2, 0.25) is 0 Å². The minimum atomic E-state index is -0.301. The maximum atomic E-state index is 11.7. The zero-order valence-electron chi connectivity index (χ0n) is 10.0. The summed E-state index contributed by atoms with van der Waals surface area (Å²) in [6.45, 7) is 2.13. The van der Waals surface area contributed by atoms with Crippen molar-refractivity contribution < 1.29 is 14.4 Å². The Hall–Kier alpha value is -2.14. The van der Waals surface area contributed by atoms with Crippen molar-refractivity contribution in [1.29, 1.82) is 0 Å². The van der Waals surface area contributed by atoms with Gasteiger partial charge in [0.1, 0.15) is 0 Å². The molecule has 0 aliphatic carbocycles. The second-order valence-corrected chi connectivity index (χ2v) is 3.99. The Bertz CT molecular complexity index is 549. The van der Waals surface area contributed by atoms with Crippen LogP contribution in [0.25, 0.3) is 0 Å². The number of aliphatic hydroxyl groups excluding tert-OH is 1. The van der Waals surface area contributed by atoms with Gasteiger partial charge in [-0.2, -0.15) is 0 Å². The highest BCUT2D eigenvalue weighted by atomic mass is 16.5. The summed E-state index contributed by atoms with van der Waals surface area (Å²) < 4.78 is 4.86. The molecule has 0 saturated carbocycles. The summed E-state index contributed by atoms with van der Waals surface area (Å²) in [4.78, 5) is 11.7. The van der Waals surface area contributed by atoms with E-state index in [0.29, 0.717) is 12.2 Å². The van der Waals surface area contributed by atoms with E-state index in [1.54, 1.807) is 13.0 Å². The van der Waals surface area contributed by atoms with E-state index in [1.165, 1.54) is 0 Å². The molecule has 0 spiro atoms. The number of carbonyl (C=O) groups excluding carboxylic acids is 1. The van der Waals surface area contributed by atoms with Gasteiger partial charge in [0.25, 0.3) is 5.91 Å². The van der Waals surface area contributed by atoms with Crippen molar-refractivity contribution in [1.82, 2.24) is 10.5 Å². The Balaban J connectivity index is 1.97. The largest absolute Gasteiger partial charge is 0.392 e. The molecular weight excluding hydrogens is 232 g/mol. The third-order valence-electron chi connectivity index (χ3n) is 2.48. The lowest BCUT2D eigenvalue weighted by Crippen LogP contribution is -2.22. The third kappa shape index (κ3) is 2.95. The highest BCUT2D eigenvalue weighted by molar-refractivity contribution is 5.91. The maximum Gasteiger partial charge on any atom is 0.290 e. The van der Waals surface area contributed by atoms with E-state index in [4.69, 9.17) is 9.63 Å². The Morgan fingerprint density at radius 2 is 2.17 bits per heavy atom. The van der Waals surface area contributed by atoms with Crippen LogP contribution >= 0.6 is 0 Å². The second kappa shape index (κ2) is 5.46. The average molecular weight is 246 g/mol. The summed E-state index contributed by atoms with van der Waals surface area (Å²) in [6.07, 6.45) is 0. The molecule has 0 aliphatic rings. The first kappa shape index (κ1) is 12.3. The topological polar surface area (TPSA) is 75.4 Å². The SMILES string of the molecule is Cc1cc(C(=O)NCc2cccc(CO)c2)on1. The number of nitrogens with zero attached hydrogens (tertiary/aromatic N) is 1. The molecule has 1 heterocycles. The first-order valence-electron chi connectivity index (χ1n) is 5.59. The van der Waals surface area contributed by atoms with Gasteiger partial charge in [0.2, 0.25) is 5.76 Å². The molecule has 0 aliphatic heterocycles. The lowest BCUT2D eigenvalue weighted by atomic mass is 10.1. The van der Waals surface area contributed by atoms with Crippen LogP contribution in [0.3, 0.4) is 0 Å². The van der Waals surface area contributed by atoms with Crippen LogP contribution in [0.1, 0.15) is 27.4 Å². The molecule has 0 bridgehead atoms. The van der Waals surface area contributed by atoms with E-state index in [2.05, 4.69) is 10.5 Å². The zero-order valence-corrected chi connectivity index (χ0v) is 10.0. The molecule has 0 radical (unpaired) electrons. The molecule has 1 aromatic heterocycles. The Labute approximate surface area is 104 Å². The molecule has 0 atom stereocenters. The van der Waals surface area contributed by atoms with Crippen molar-refractivity contribution in [2.24, 2.45) is 0 Å². The smallest absolute Gasteiger partial charge is 0.290 e. The van der Waals surface area contributed by atoms with Crippen molar-refractivity contribution >= 4 is 5.91 Å². The van der Waals surface area contributed by atoms with E-state index in [1.807, 2.05) is 24.3 Å². The van der Waals surface area contributed by atoms with E-state index in [9.17, 15) is 4.79 Å². The van der Waals surface area contributed by atoms with Crippen molar-refractivity contribution in [2.75, 3.05) is 0 Å². The fourth-order valence-corrected chi connectivity index (χ4v) is 1.58. The molecule has 5 heteroatoms. The lowest BCUT2D eigenvalue weighted by molar-refractivity contribution is 0.0914. The number of hydrogen-bond acceptors (Lipinski definition) is 4. The zero-order chi connectivity index (χ0) is 13.0. The summed E-state index contributed by atoms with van der Waals surface area (Å²) in [6, 6.07) is 8.97. The van der Waals surface area contributed by atoms with Crippen LogP contribution in [0, 0.1) is 6.92 Å². The second-order valence-electron chi connectivity index (χ2n) is 3.99. The van der Waals surface area contributed by atoms with Gasteiger partial charge in [-0.05, 0) is 18.1 Å². The van der Waals surface area contributed by atoms with E-state index < -0.39 is 0 Å². The van der Waals surface area contributed by atoms with Crippen LogP contribution < -0.4 is 5.32 Å². The van der Waals surface area contributed by atoms with Crippen LogP contribution in [0.15, 0.2) is 34.9 Å². The first-order valence-corrected chi connectivity index (χ1v) is 5.59. The molecule has 0 fully saturated rings. The van der Waals surface area contributed by atoms with Gasteiger partial charge in [0.05, 0.1) is 12.3 Å². The number of hydrogen-bond donors (Lipinski definition) is 2. The summed E-state index contributed by atoms with van der Waals surface area (Å²) in [7, 11) is 0. The molecule has 5 nitrogen and oxygen atoms in total. The van der Waals surface area contributed by atoms with E-state index >= 15 is 0 Å². The Morgan fingerprint density at radius 3 is 2.83 bits per heavy atom. The van der Waals surface area contributed by atoms with Crippen molar-refractivity contribution in [3.8, 4) is 0 Å². The minimum Gasteiger partial charge on any atom is -0.392 e. The number of benzene rings is 1. The highest BCUT2D eigenvalue weighted by Gasteiger charge is 2.10. The van der Waals surface area contributed by atoms with Crippen LogP contribution in [0.4, 0.5) is 0 Å². The number of rotatable bonds is 4. The first-order chi connectivity index (χ1) is 8.69. The molecule has 18 heavy (non-hydrogen) atoms. The van der Waals surface area contributed by atoms with Gasteiger partial charge in [0.15, 0.2) is 0 Å². The van der Waals surface area contributed by atoms with Crippen molar-refractivity contribution in [3.05, 3.63) is 52.9 Å². The summed E-state index contributed by atoms with van der Waals surface area (Å²) in [5.41, 5.74) is 2.41. The summed E-state index contributed by atoms with van der Waals surface area (Å²) in [5, 5.41) is 15.4. The minimum absolute atomic E-state index is 0.0108. The number of carbonyl (C=O) groups is 1. The number of aliphatic hydroxyl groups is 1. The molecule has 2 aromatic rings. The predicted octanol–water partition coefficient (Wildman–Crippen LogP) is 1.41. The van der Waals surface area contributed by atoms with Gasteiger partial charge < -0.3 is 14.9 Å². The van der Waals surface area contributed by atoms with Crippen molar-refractivity contribution in [3.63, 3.8) is 0 Å². The van der Waals surface area contributed by atoms with E-state index in [0.717, 1.165) is 11.1 Å². The monoisotopic (exact) mass is 246 g/mol. The van der Waals surface area contributed by atoms with Gasteiger partial charge in [-0.25, -0.2) is 0 Å². The fraction of sp³-hybridized carbons (Fsp3) is 0.231. The molecule has 0 unspecified atom stereocenters. The van der Waals surface area contributed by atoms with Gasteiger partial charge in [-0.1, -0.05) is 29.4 Å². The number of aromatic nitrogens is 1. The molecule has 2 N–H and O–H groups in total. The lowest BCUT2D eigenvalue weighted by Gasteiger charge is -2.04. The number of amides is 1. The summed E-state index contributed by atoms with van der Waals surface area (Å²) >= 11 is 0. The highest BCUT2D eigenvalue weighted by Crippen LogP contribution is 2.06. The summed E-state index contributed by atoms with van der Waals surface area (Å²) in [5.74, 6) is -0.101. The molecule has 94 valence electrons. The Kier molecular flexibility index (Phi) is 3.74. The van der Waals surface area contributed by atoms with Gasteiger partial charge in [-0.15, -0.1) is 0 Å². The maximum absolute atomic E-state index is 11.7. The molecule has 2 rings (SSSR count).